The quantitative estimate of drug-likeness (QED) is 0.642. The minimum absolute atomic E-state index is 0.0463. The molecule has 1 fully saturated rings. The molecule has 1 amide bonds. The number of nitrogens with zero attached hydrogens (tertiary/aromatic N) is 3. The first-order valence-corrected chi connectivity index (χ1v) is 7.23. The molecule has 1 aliphatic carbocycles. The second-order valence-electron chi connectivity index (χ2n) is 5.65. The molecule has 0 spiro atoms. The van der Waals surface area contributed by atoms with Gasteiger partial charge >= 0.3 is 0 Å². The molecule has 0 radical (unpaired) electrons. The van der Waals surface area contributed by atoms with E-state index in [1.54, 1.807) is 9.47 Å². The van der Waals surface area contributed by atoms with E-state index in [-0.39, 0.29) is 36.8 Å². The number of aliphatic hydroxyl groups is 1. The van der Waals surface area contributed by atoms with Crippen LogP contribution in [-0.2, 0) is 0 Å². The minimum atomic E-state index is -0.491. The summed E-state index contributed by atoms with van der Waals surface area (Å²) in [6.07, 6.45) is 4.33. The van der Waals surface area contributed by atoms with Crippen LogP contribution in [0, 0.1) is 10.1 Å². The Morgan fingerprint density at radius 1 is 1.57 bits per heavy atom. The van der Waals surface area contributed by atoms with Gasteiger partial charge < -0.3 is 14.6 Å². The maximum Gasteiger partial charge on any atom is 0.287 e. The van der Waals surface area contributed by atoms with Crippen molar-refractivity contribution in [2.45, 2.75) is 45.2 Å². The lowest BCUT2D eigenvalue weighted by molar-refractivity contribution is -0.384. The lowest BCUT2D eigenvalue weighted by Gasteiger charge is -2.37. The first-order chi connectivity index (χ1) is 9.95. The topological polar surface area (TPSA) is 88.6 Å². The molecule has 0 bridgehead atoms. The summed E-state index contributed by atoms with van der Waals surface area (Å²) in [6, 6.07) is 1.42. The number of amides is 1. The molecule has 1 aliphatic rings. The second kappa shape index (κ2) is 6.26. The molecular formula is C14H21N3O4. The Balaban J connectivity index is 2.33. The fourth-order valence-corrected chi connectivity index (χ4v) is 2.57. The summed E-state index contributed by atoms with van der Waals surface area (Å²) in [5, 5.41) is 20.1. The third-order valence-corrected chi connectivity index (χ3v) is 3.94. The largest absolute Gasteiger partial charge is 0.395 e. The number of hydrogen-bond donors (Lipinski definition) is 1. The van der Waals surface area contributed by atoms with Crippen molar-refractivity contribution in [1.82, 2.24) is 9.47 Å². The maximum absolute atomic E-state index is 12.7. The van der Waals surface area contributed by atoms with Crippen LogP contribution in [0.15, 0.2) is 12.3 Å². The number of aliphatic hydroxyl groups excluding tert-OH is 1. The van der Waals surface area contributed by atoms with Gasteiger partial charge in [0, 0.05) is 24.7 Å². The van der Waals surface area contributed by atoms with E-state index in [0.29, 0.717) is 5.69 Å². The van der Waals surface area contributed by atoms with Crippen molar-refractivity contribution in [3.8, 4) is 0 Å². The van der Waals surface area contributed by atoms with Crippen LogP contribution in [0.3, 0.4) is 0 Å². The Kier molecular flexibility index (Phi) is 4.62. The minimum Gasteiger partial charge on any atom is -0.395 e. The third kappa shape index (κ3) is 3.07. The molecule has 7 heteroatoms. The van der Waals surface area contributed by atoms with E-state index in [1.807, 2.05) is 13.8 Å². The number of rotatable bonds is 6. The molecule has 21 heavy (non-hydrogen) atoms. The van der Waals surface area contributed by atoms with Crippen molar-refractivity contribution in [1.29, 1.82) is 0 Å². The van der Waals surface area contributed by atoms with E-state index < -0.39 is 4.92 Å². The molecule has 116 valence electrons. The van der Waals surface area contributed by atoms with Crippen LogP contribution >= 0.6 is 0 Å². The third-order valence-electron chi connectivity index (χ3n) is 3.94. The lowest BCUT2D eigenvalue weighted by atomic mass is 9.91. The lowest BCUT2D eigenvalue weighted by Crippen LogP contribution is -2.46. The summed E-state index contributed by atoms with van der Waals surface area (Å²) in [4.78, 5) is 24.8. The standard InChI is InChI=1S/C14H21N3O4/c1-10(2)16-9-12(17(20)21)8-13(16)14(19)15(6-7-18)11-4-3-5-11/h8-11,18H,3-7H2,1-2H3. The Labute approximate surface area is 123 Å². The van der Waals surface area contributed by atoms with Gasteiger partial charge in [0.2, 0.25) is 0 Å². The average Bonchev–Trinajstić information content (AvgIpc) is 2.80. The summed E-state index contributed by atoms with van der Waals surface area (Å²) in [7, 11) is 0. The molecule has 0 saturated heterocycles. The molecule has 1 heterocycles. The van der Waals surface area contributed by atoms with Crippen LogP contribution < -0.4 is 0 Å². The fourth-order valence-electron chi connectivity index (χ4n) is 2.57. The summed E-state index contributed by atoms with van der Waals surface area (Å²) < 4.78 is 1.63. The SMILES string of the molecule is CC(C)n1cc([N+](=O)[O-])cc1C(=O)N(CCO)C1CCC1. The van der Waals surface area contributed by atoms with Crippen LogP contribution in [0.2, 0.25) is 0 Å². The zero-order valence-electron chi connectivity index (χ0n) is 12.4. The van der Waals surface area contributed by atoms with E-state index in [9.17, 15) is 14.9 Å². The van der Waals surface area contributed by atoms with E-state index in [0.717, 1.165) is 19.3 Å². The Morgan fingerprint density at radius 2 is 2.24 bits per heavy atom. The number of hydrogen-bond acceptors (Lipinski definition) is 4. The summed E-state index contributed by atoms with van der Waals surface area (Å²) in [5.74, 6) is -0.240. The molecule has 0 atom stereocenters. The summed E-state index contributed by atoms with van der Waals surface area (Å²) in [6.45, 7) is 3.91. The van der Waals surface area contributed by atoms with Crippen LogP contribution in [0.25, 0.3) is 0 Å². The first kappa shape index (κ1) is 15.5. The van der Waals surface area contributed by atoms with Gasteiger partial charge in [-0.3, -0.25) is 14.9 Å². The van der Waals surface area contributed by atoms with Gasteiger partial charge in [0.15, 0.2) is 0 Å². The normalized spacial score (nSPS) is 15.0. The van der Waals surface area contributed by atoms with E-state index in [2.05, 4.69) is 0 Å². The zero-order valence-corrected chi connectivity index (χ0v) is 12.4. The molecule has 1 aromatic heterocycles. The highest BCUT2D eigenvalue weighted by molar-refractivity contribution is 5.94. The van der Waals surface area contributed by atoms with Crippen molar-refractivity contribution in [2.24, 2.45) is 0 Å². The van der Waals surface area contributed by atoms with Gasteiger partial charge in [0.05, 0.1) is 17.7 Å². The molecule has 0 aromatic carbocycles. The number of nitro groups is 1. The summed E-state index contributed by atoms with van der Waals surface area (Å²) >= 11 is 0. The van der Waals surface area contributed by atoms with Crippen LogP contribution in [0.4, 0.5) is 5.69 Å². The molecule has 7 nitrogen and oxygen atoms in total. The Hall–Kier alpha value is -1.89. The summed E-state index contributed by atoms with van der Waals surface area (Å²) in [5.41, 5.74) is 0.238. The van der Waals surface area contributed by atoms with Crippen LogP contribution in [0.5, 0.6) is 0 Å². The Bertz CT molecular complexity index is 534. The van der Waals surface area contributed by atoms with Crippen molar-refractivity contribution < 1.29 is 14.8 Å². The van der Waals surface area contributed by atoms with E-state index in [4.69, 9.17) is 5.11 Å². The molecule has 1 saturated carbocycles. The Morgan fingerprint density at radius 3 is 2.67 bits per heavy atom. The van der Waals surface area contributed by atoms with Gasteiger partial charge in [-0.25, -0.2) is 0 Å². The van der Waals surface area contributed by atoms with E-state index >= 15 is 0 Å². The average molecular weight is 295 g/mol. The van der Waals surface area contributed by atoms with Gasteiger partial charge in [0.25, 0.3) is 11.6 Å². The van der Waals surface area contributed by atoms with Crippen molar-refractivity contribution >= 4 is 11.6 Å². The molecule has 1 N–H and O–H groups in total. The van der Waals surface area contributed by atoms with Crippen molar-refractivity contribution in [2.75, 3.05) is 13.2 Å². The predicted octanol–water partition coefficient (Wildman–Crippen LogP) is 1.96. The highest BCUT2D eigenvalue weighted by Gasteiger charge is 2.32. The molecular weight excluding hydrogens is 274 g/mol. The van der Waals surface area contributed by atoms with Gasteiger partial charge in [-0.05, 0) is 33.1 Å². The number of carbonyl (C=O) groups is 1. The van der Waals surface area contributed by atoms with Crippen LogP contribution in [-0.4, -0.2) is 44.6 Å². The van der Waals surface area contributed by atoms with Gasteiger partial charge in [-0.2, -0.15) is 0 Å². The van der Waals surface area contributed by atoms with Gasteiger partial charge in [-0.1, -0.05) is 0 Å². The van der Waals surface area contributed by atoms with Crippen LogP contribution in [0.1, 0.15) is 49.6 Å². The highest BCUT2D eigenvalue weighted by Crippen LogP contribution is 2.28. The van der Waals surface area contributed by atoms with Crippen molar-refractivity contribution in [3.05, 3.63) is 28.1 Å². The maximum atomic E-state index is 12.7. The number of carbonyl (C=O) groups excluding carboxylic acids is 1. The van der Waals surface area contributed by atoms with E-state index in [1.165, 1.54) is 12.3 Å². The van der Waals surface area contributed by atoms with Gasteiger partial charge in [0.1, 0.15) is 5.69 Å². The highest BCUT2D eigenvalue weighted by atomic mass is 16.6. The molecule has 0 aliphatic heterocycles. The second-order valence-corrected chi connectivity index (χ2v) is 5.65. The van der Waals surface area contributed by atoms with Crippen molar-refractivity contribution in [3.63, 3.8) is 0 Å². The molecule has 2 rings (SSSR count). The zero-order chi connectivity index (χ0) is 15.6. The smallest absolute Gasteiger partial charge is 0.287 e. The van der Waals surface area contributed by atoms with Gasteiger partial charge in [-0.15, -0.1) is 0 Å². The predicted molar refractivity (Wildman–Crippen MR) is 77.2 cm³/mol. The fraction of sp³-hybridized carbons (Fsp3) is 0.643. The monoisotopic (exact) mass is 295 g/mol. The molecule has 1 aromatic rings. The number of aromatic nitrogens is 1. The molecule has 0 unspecified atom stereocenters. The first-order valence-electron chi connectivity index (χ1n) is 7.23.